The molecule has 0 unspecified atom stereocenters. The molecule has 0 bridgehead atoms. The van der Waals surface area contributed by atoms with Gasteiger partial charge in [0.1, 0.15) is 6.07 Å². The van der Waals surface area contributed by atoms with E-state index < -0.39 is 23.6 Å². The van der Waals surface area contributed by atoms with Crippen LogP contribution in [-0.2, 0) is 0 Å². The third-order valence-corrected chi connectivity index (χ3v) is 1.22. The molecular formula is C7H3F3N2O2. The lowest BCUT2D eigenvalue weighted by Gasteiger charge is -2.09. The van der Waals surface area contributed by atoms with E-state index in [-0.39, 0.29) is 0 Å². The van der Waals surface area contributed by atoms with Crippen LogP contribution in [-0.4, -0.2) is 16.5 Å². The minimum atomic E-state index is -4.91. The number of nitriles is 1. The highest BCUT2D eigenvalue weighted by Crippen LogP contribution is 2.32. The molecule has 0 radical (unpaired) electrons. The van der Waals surface area contributed by atoms with Crippen molar-refractivity contribution in [3.8, 4) is 17.6 Å². The molecule has 1 rings (SSSR count). The number of alkyl halides is 3. The molecule has 4 nitrogen and oxygen atoms in total. The van der Waals surface area contributed by atoms with Gasteiger partial charge in [-0.25, -0.2) is 4.98 Å². The first-order valence-electron chi connectivity index (χ1n) is 3.28. The van der Waals surface area contributed by atoms with Crippen LogP contribution in [0.5, 0.6) is 11.5 Å². The summed E-state index contributed by atoms with van der Waals surface area (Å²) in [6.07, 6.45) is -3.98. The second kappa shape index (κ2) is 3.41. The Morgan fingerprint density at radius 1 is 1.50 bits per heavy atom. The van der Waals surface area contributed by atoms with Gasteiger partial charge in [-0.2, -0.15) is 5.26 Å². The molecule has 0 fully saturated rings. The van der Waals surface area contributed by atoms with Gasteiger partial charge in [0, 0.05) is 12.3 Å². The van der Waals surface area contributed by atoms with Gasteiger partial charge in [0.2, 0.25) is 0 Å². The molecule has 0 saturated carbocycles. The maximum atomic E-state index is 11.7. The first-order valence-corrected chi connectivity index (χ1v) is 3.28. The Kier molecular flexibility index (Phi) is 2.47. The summed E-state index contributed by atoms with van der Waals surface area (Å²) in [5, 5.41) is 17.4. The number of ether oxygens (including phenoxy) is 1. The van der Waals surface area contributed by atoms with Crippen LogP contribution in [0.1, 0.15) is 5.69 Å². The van der Waals surface area contributed by atoms with Crippen LogP contribution in [0.15, 0.2) is 12.3 Å². The highest BCUT2D eigenvalue weighted by molar-refractivity contribution is 5.46. The summed E-state index contributed by atoms with van der Waals surface area (Å²) in [4.78, 5) is 3.33. The van der Waals surface area contributed by atoms with Crippen LogP contribution in [0.25, 0.3) is 0 Å². The summed E-state index contributed by atoms with van der Waals surface area (Å²) in [6, 6.07) is 2.22. The lowest BCUT2D eigenvalue weighted by atomic mass is 10.3. The largest absolute Gasteiger partial charge is 0.573 e. The molecule has 0 atom stereocenters. The standard InChI is InChI=1S/C7H3F3N2O2/c8-7(9,10)14-5-1-2-12-4(3-11)6(5)13/h1-2,13H. The van der Waals surface area contributed by atoms with Crippen LogP contribution in [0, 0.1) is 11.3 Å². The van der Waals surface area contributed by atoms with Crippen molar-refractivity contribution in [2.24, 2.45) is 0 Å². The van der Waals surface area contributed by atoms with Crippen LogP contribution >= 0.6 is 0 Å². The average Bonchev–Trinajstić information content (AvgIpc) is 2.06. The van der Waals surface area contributed by atoms with E-state index in [1.54, 1.807) is 0 Å². The molecule has 0 aliphatic carbocycles. The molecule has 1 aromatic rings. The smallest absolute Gasteiger partial charge is 0.502 e. The lowest BCUT2D eigenvalue weighted by molar-refractivity contribution is -0.275. The second-order valence-electron chi connectivity index (χ2n) is 2.17. The Morgan fingerprint density at radius 2 is 2.14 bits per heavy atom. The zero-order chi connectivity index (χ0) is 10.8. The second-order valence-corrected chi connectivity index (χ2v) is 2.17. The van der Waals surface area contributed by atoms with Gasteiger partial charge >= 0.3 is 6.36 Å². The SMILES string of the molecule is N#Cc1nccc(OC(F)(F)F)c1O. The molecule has 1 heterocycles. The average molecular weight is 204 g/mol. The van der Waals surface area contributed by atoms with Crippen molar-refractivity contribution in [2.45, 2.75) is 6.36 Å². The number of halogens is 3. The first-order chi connectivity index (χ1) is 6.44. The minimum absolute atomic E-state index is 0.522. The van der Waals surface area contributed by atoms with Crippen LogP contribution in [0.3, 0.4) is 0 Å². The quantitative estimate of drug-likeness (QED) is 0.753. The molecule has 0 amide bonds. The van der Waals surface area contributed by atoms with Gasteiger partial charge in [-0.3, -0.25) is 0 Å². The van der Waals surface area contributed by atoms with E-state index >= 15 is 0 Å². The van der Waals surface area contributed by atoms with Crippen molar-refractivity contribution in [3.05, 3.63) is 18.0 Å². The summed E-state index contributed by atoms with van der Waals surface area (Å²) < 4.78 is 38.6. The van der Waals surface area contributed by atoms with Gasteiger partial charge in [0.05, 0.1) is 0 Å². The fourth-order valence-corrected chi connectivity index (χ4v) is 0.725. The van der Waals surface area contributed by atoms with Crippen molar-refractivity contribution in [2.75, 3.05) is 0 Å². The number of nitrogens with zero attached hydrogens (tertiary/aromatic N) is 2. The molecule has 0 spiro atoms. The number of hydrogen-bond donors (Lipinski definition) is 1. The molecule has 74 valence electrons. The Morgan fingerprint density at radius 3 is 2.64 bits per heavy atom. The van der Waals surface area contributed by atoms with Gasteiger partial charge in [0.25, 0.3) is 0 Å². The predicted molar refractivity (Wildman–Crippen MR) is 37.3 cm³/mol. The van der Waals surface area contributed by atoms with E-state index in [1.807, 2.05) is 0 Å². The van der Waals surface area contributed by atoms with Crippen LogP contribution in [0.4, 0.5) is 13.2 Å². The van der Waals surface area contributed by atoms with E-state index in [0.29, 0.717) is 0 Å². The zero-order valence-corrected chi connectivity index (χ0v) is 6.54. The third kappa shape index (κ3) is 2.26. The lowest BCUT2D eigenvalue weighted by Crippen LogP contribution is -2.17. The molecule has 0 aliphatic heterocycles. The third-order valence-electron chi connectivity index (χ3n) is 1.22. The Labute approximate surface area is 76.2 Å². The maximum absolute atomic E-state index is 11.7. The van der Waals surface area contributed by atoms with Crippen LogP contribution < -0.4 is 4.74 Å². The minimum Gasteiger partial charge on any atom is -0.502 e. The molecule has 1 aromatic heterocycles. The highest BCUT2D eigenvalue weighted by Gasteiger charge is 2.32. The molecule has 1 N–H and O–H groups in total. The Bertz CT molecular complexity index is 384. The van der Waals surface area contributed by atoms with Gasteiger partial charge in [0.15, 0.2) is 17.2 Å². The highest BCUT2D eigenvalue weighted by atomic mass is 19.4. The predicted octanol–water partition coefficient (Wildman–Crippen LogP) is 1.56. The van der Waals surface area contributed by atoms with E-state index in [9.17, 15) is 13.2 Å². The normalized spacial score (nSPS) is 10.7. The van der Waals surface area contributed by atoms with Gasteiger partial charge in [-0.1, -0.05) is 0 Å². The van der Waals surface area contributed by atoms with Crippen LogP contribution in [0.2, 0.25) is 0 Å². The molecule has 0 aromatic carbocycles. The summed E-state index contributed by atoms with van der Waals surface area (Å²) in [7, 11) is 0. The number of pyridine rings is 1. The molecule has 0 aliphatic rings. The topological polar surface area (TPSA) is 66.1 Å². The van der Waals surface area contributed by atoms with E-state index in [0.717, 1.165) is 12.3 Å². The monoisotopic (exact) mass is 204 g/mol. The summed E-state index contributed by atoms with van der Waals surface area (Å²) in [5.74, 6) is -1.77. The van der Waals surface area contributed by atoms with Gasteiger partial charge < -0.3 is 9.84 Å². The Hall–Kier alpha value is -1.97. The fourth-order valence-electron chi connectivity index (χ4n) is 0.725. The summed E-state index contributed by atoms with van der Waals surface area (Å²) in [5.41, 5.74) is -0.522. The van der Waals surface area contributed by atoms with Gasteiger partial charge in [-0.05, 0) is 0 Å². The molecule has 14 heavy (non-hydrogen) atoms. The van der Waals surface area contributed by atoms with E-state index in [2.05, 4.69) is 9.72 Å². The van der Waals surface area contributed by atoms with Crippen molar-refractivity contribution in [1.29, 1.82) is 5.26 Å². The van der Waals surface area contributed by atoms with Crippen molar-refractivity contribution in [1.82, 2.24) is 4.98 Å². The van der Waals surface area contributed by atoms with Crippen molar-refractivity contribution in [3.63, 3.8) is 0 Å². The number of rotatable bonds is 1. The van der Waals surface area contributed by atoms with Gasteiger partial charge in [-0.15, -0.1) is 13.2 Å². The summed E-state index contributed by atoms with van der Waals surface area (Å²) >= 11 is 0. The molecule has 7 heteroatoms. The van der Waals surface area contributed by atoms with E-state index in [4.69, 9.17) is 10.4 Å². The van der Waals surface area contributed by atoms with Crippen molar-refractivity contribution < 1.29 is 23.0 Å². The Balaban J connectivity index is 3.06. The number of aromatic hydroxyl groups is 1. The fraction of sp³-hybridized carbons (Fsp3) is 0.143. The summed E-state index contributed by atoms with van der Waals surface area (Å²) in [6.45, 7) is 0. The number of aromatic nitrogens is 1. The molecular weight excluding hydrogens is 201 g/mol. The number of hydrogen-bond acceptors (Lipinski definition) is 4. The van der Waals surface area contributed by atoms with E-state index in [1.165, 1.54) is 6.07 Å². The zero-order valence-electron chi connectivity index (χ0n) is 6.54. The molecule has 0 saturated heterocycles. The first kappa shape index (κ1) is 10.1. The maximum Gasteiger partial charge on any atom is 0.573 e. The van der Waals surface area contributed by atoms with Crippen molar-refractivity contribution >= 4 is 0 Å².